The molecule has 0 radical (unpaired) electrons. The minimum absolute atomic E-state index is 0.105. The van der Waals surface area contributed by atoms with Crippen molar-refractivity contribution in [3.63, 3.8) is 0 Å². The van der Waals surface area contributed by atoms with Crippen LogP contribution in [-0.2, 0) is 6.42 Å². The van der Waals surface area contributed by atoms with Gasteiger partial charge in [-0.1, -0.05) is 12.1 Å². The van der Waals surface area contributed by atoms with Gasteiger partial charge >= 0.3 is 0 Å². The van der Waals surface area contributed by atoms with Crippen LogP contribution in [0.25, 0.3) is 22.5 Å². The number of carbonyl (C=O) groups is 1. The summed E-state index contributed by atoms with van der Waals surface area (Å²) in [7, 11) is 0. The molecular weight excluding hydrogens is 321 g/mol. The summed E-state index contributed by atoms with van der Waals surface area (Å²) < 4.78 is 14.0. The summed E-state index contributed by atoms with van der Waals surface area (Å²) in [6.07, 6.45) is 2.16. The van der Waals surface area contributed by atoms with Crippen molar-refractivity contribution < 1.29 is 14.3 Å². The number of carbonyl (C=O) groups excluding carboxylic acids is 1. The van der Waals surface area contributed by atoms with E-state index in [1.165, 1.54) is 6.07 Å². The summed E-state index contributed by atoms with van der Waals surface area (Å²) in [5.74, 6) is -0.533. The monoisotopic (exact) mass is 337 g/mol. The minimum Gasteiger partial charge on any atom is -0.394 e. The Morgan fingerprint density at radius 1 is 1.20 bits per heavy atom. The van der Waals surface area contributed by atoms with Crippen molar-refractivity contribution in [1.29, 1.82) is 0 Å². The van der Waals surface area contributed by atoms with Gasteiger partial charge in [-0.2, -0.15) is 0 Å². The van der Waals surface area contributed by atoms with E-state index in [-0.39, 0.29) is 24.4 Å². The number of aliphatic hydroxyl groups is 1. The van der Waals surface area contributed by atoms with Crippen LogP contribution in [0.5, 0.6) is 0 Å². The third-order valence-corrected chi connectivity index (χ3v) is 4.37. The van der Waals surface area contributed by atoms with Gasteiger partial charge in [0.15, 0.2) is 0 Å². The van der Waals surface area contributed by atoms with Crippen molar-refractivity contribution >= 4 is 5.91 Å². The lowest BCUT2D eigenvalue weighted by Crippen LogP contribution is -2.43. The topological polar surface area (TPSA) is 78.0 Å². The van der Waals surface area contributed by atoms with Crippen LogP contribution in [0, 0.1) is 5.82 Å². The number of pyridine rings is 1. The molecule has 1 aliphatic heterocycles. The molecule has 3 aromatic rings. The van der Waals surface area contributed by atoms with Crippen LogP contribution in [0.15, 0.2) is 48.7 Å². The number of aliphatic hydroxyl groups excluding tert-OH is 1. The maximum atomic E-state index is 14.0. The van der Waals surface area contributed by atoms with E-state index >= 15 is 0 Å². The zero-order valence-corrected chi connectivity index (χ0v) is 13.3. The number of aromatic nitrogens is 2. The van der Waals surface area contributed by atoms with Gasteiger partial charge in [0.25, 0.3) is 5.91 Å². The van der Waals surface area contributed by atoms with E-state index in [1.54, 1.807) is 36.5 Å². The number of hydrogen-bond acceptors (Lipinski definition) is 3. The predicted molar refractivity (Wildman–Crippen MR) is 91.5 cm³/mol. The van der Waals surface area contributed by atoms with E-state index in [2.05, 4.69) is 15.3 Å². The highest BCUT2D eigenvalue weighted by atomic mass is 19.1. The number of benzene rings is 1. The molecule has 1 amide bonds. The second-order valence-electron chi connectivity index (χ2n) is 6.04. The Kier molecular flexibility index (Phi) is 3.82. The Morgan fingerprint density at radius 2 is 2.04 bits per heavy atom. The van der Waals surface area contributed by atoms with Gasteiger partial charge in [0, 0.05) is 35.1 Å². The first-order valence-electron chi connectivity index (χ1n) is 8.00. The van der Waals surface area contributed by atoms with E-state index < -0.39 is 0 Å². The SMILES string of the molecule is O=C1NC(CO)Cc2[nH]c(-c3ccnc(-c4ccccc4F)c3)cc21. The zero-order chi connectivity index (χ0) is 17.4. The van der Waals surface area contributed by atoms with E-state index in [1.807, 2.05) is 6.07 Å². The van der Waals surface area contributed by atoms with Crippen LogP contribution >= 0.6 is 0 Å². The molecule has 0 fully saturated rings. The zero-order valence-electron chi connectivity index (χ0n) is 13.3. The number of fused-ring (bicyclic) bond motifs is 1. The molecule has 1 atom stereocenters. The van der Waals surface area contributed by atoms with Crippen molar-refractivity contribution in [3.05, 3.63) is 65.7 Å². The molecule has 0 bridgehead atoms. The molecule has 2 aromatic heterocycles. The van der Waals surface area contributed by atoms with Gasteiger partial charge in [0.05, 0.1) is 23.9 Å². The molecule has 5 nitrogen and oxygen atoms in total. The highest BCUT2D eigenvalue weighted by Gasteiger charge is 2.26. The standard InChI is InChI=1S/C19H16FN3O2/c20-15-4-2-1-3-13(15)17-7-11(5-6-21-17)16-9-14-18(23-16)8-12(10-24)22-19(14)25/h1-7,9,12,23-24H,8,10H2,(H,22,25). The number of halogens is 1. The maximum absolute atomic E-state index is 14.0. The molecule has 3 N–H and O–H groups in total. The molecule has 0 spiro atoms. The summed E-state index contributed by atoms with van der Waals surface area (Å²) in [6, 6.07) is 11.6. The van der Waals surface area contributed by atoms with Gasteiger partial charge < -0.3 is 15.4 Å². The Labute approximate surface area is 143 Å². The lowest BCUT2D eigenvalue weighted by Gasteiger charge is -2.21. The van der Waals surface area contributed by atoms with Crippen LogP contribution < -0.4 is 5.32 Å². The number of nitrogens with zero attached hydrogens (tertiary/aromatic N) is 1. The molecule has 126 valence electrons. The molecule has 1 unspecified atom stereocenters. The fourth-order valence-corrected chi connectivity index (χ4v) is 3.10. The molecule has 3 heterocycles. The maximum Gasteiger partial charge on any atom is 0.253 e. The number of aromatic amines is 1. The number of amides is 1. The van der Waals surface area contributed by atoms with Gasteiger partial charge in [-0.05, 0) is 30.3 Å². The van der Waals surface area contributed by atoms with Crippen LogP contribution in [0.4, 0.5) is 4.39 Å². The van der Waals surface area contributed by atoms with E-state index in [9.17, 15) is 14.3 Å². The largest absolute Gasteiger partial charge is 0.394 e. The predicted octanol–water partition coefficient (Wildman–Crippen LogP) is 2.53. The summed E-state index contributed by atoms with van der Waals surface area (Å²) in [4.78, 5) is 19.6. The minimum atomic E-state index is -0.330. The molecule has 1 aliphatic rings. The smallest absolute Gasteiger partial charge is 0.253 e. The van der Waals surface area contributed by atoms with Gasteiger partial charge in [-0.25, -0.2) is 4.39 Å². The molecule has 0 saturated heterocycles. The Morgan fingerprint density at radius 3 is 2.84 bits per heavy atom. The lowest BCUT2D eigenvalue weighted by molar-refractivity contribution is 0.0901. The summed E-state index contributed by atoms with van der Waals surface area (Å²) in [5, 5.41) is 12.0. The average Bonchev–Trinajstić information content (AvgIpc) is 3.07. The summed E-state index contributed by atoms with van der Waals surface area (Å²) in [6.45, 7) is -0.105. The van der Waals surface area contributed by atoms with Crippen LogP contribution in [-0.4, -0.2) is 33.6 Å². The second kappa shape index (κ2) is 6.14. The van der Waals surface area contributed by atoms with E-state index in [4.69, 9.17) is 0 Å². The fraction of sp³-hybridized carbons (Fsp3) is 0.158. The van der Waals surface area contributed by atoms with Crippen molar-refractivity contribution in [2.75, 3.05) is 6.61 Å². The third kappa shape index (κ3) is 2.81. The molecular formula is C19H16FN3O2. The average molecular weight is 337 g/mol. The lowest BCUT2D eigenvalue weighted by atomic mass is 10.0. The van der Waals surface area contributed by atoms with Crippen LogP contribution in [0.2, 0.25) is 0 Å². The summed E-state index contributed by atoms with van der Waals surface area (Å²) >= 11 is 0. The van der Waals surface area contributed by atoms with Crippen molar-refractivity contribution in [3.8, 4) is 22.5 Å². The highest BCUT2D eigenvalue weighted by Crippen LogP contribution is 2.28. The van der Waals surface area contributed by atoms with E-state index in [0.29, 0.717) is 23.2 Å². The fourth-order valence-electron chi connectivity index (χ4n) is 3.10. The Hall–Kier alpha value is -2.99. The normalized spacial score (nSPS) is 16.4. The van der Waals surface area contributed by atoms with Gasteiger partial charge in [0.2, 0.25) is 0 Å². The Balaban J connectivity index is 1.74. The second-order valence-corrected chi connectivity index (χ2v) is 6.04. The first-order valence-corrected chi connectivity index (χ1v) is 8.00. The number of H-pyrrole nitrogens is 1. The van der Waals surface area contributed by atoms with Crippen molar-refractivity contribution in [2.45, 2.75) is 12.5 Å². The Bertz CT molecular complexity index is 951. The molecule has 4 rings (SSSR count). The molecule has 6 heteroatoms. The van der Waals surface area contributed by atoms with Gasteiger partial charge in [-0.3, -0.25) is 9.78 Å². The van der Waals surface area contributed by atoms with Crippen molar-refractivity contribution in [2.24, 2.45) is 0 Å². The molecule has 0 saturated carbocycles. The molecule has 0 aliphatic carbocycles. The first kappa shape index (κ1) is 15.5. The first-order chi connectivity index (χ1) is 12.2. The quantitative estimate of drug-likeness (QED) is 0.687. The summed E-state index contributed by atoms with van der Waals surface area (Å²) in [5.41, 5.74) is 3.90. The van der Waals surface area contributed by atoms with Gasteiger partial charge in [0.1, 0.15) is 5.82 Å². The number of hydrogen-bond donors (Lipinski definition) is 3. The third-order valence-electron chi connectivity index (χ3n) is 4.37. The number of nitrogens with one attached hydrogen (secondary N) is 2. The van der Waals surface area contributed by atoms with Crippen LogP contribution in [0.3, 0.4) is 0 Å². The van der Waals surface area contributed by atoms with E-state index in [0.717, 1.165) is 17.0 Å². The van der Waals surface area contributed by atoms with Crippen molar-refractivity contribution in [1.82, 2.24) is 15.3 Å². The van der Waals surface area contributed by atoms with Gasteiger partial charge in [-0.15, -0.1) is 0 Å². The number of rotatable bonds is 3. The van der Waals surface area contributed by atoms with Crippen LogP contribution in [0.1, 0.15) is 16.1 Å². The molecule has 1 aromatic carbocycles. The highest BCUT2D eigenvalue weighted by molar-refractivity contribution is 5.98. The molecule has 25 heavy (non-hydrogen) atoms.